The molecule has 0 aliphatic rings. The van der Waals surface area contributed by atoms with Crippen LogP contribution in [0.4, 0.5) is 5.69 Å². The second-order valence-electron chi connectivity index (χ2n) is 1.65. The third kappa shape index (κ3) is 3.86. The van der Waals surface area contributed by atoms with E-state index in [2.05, 4.69) is 5.43 Å². The zero-order chi connectivity index (χ0) is 8.69. The Labute approximate surface area is 72.3 Å². The normalized spacial score (nSPS) is 8.00. The van der Waals surface area contributed by atoms with Crippen molar-refractivity contribution in [3.8, 4) is 0 Å². The van der Waals surface area contributed by atoms with Crippen molar-refractivity contribution in [2.75, 3.05) is 5.43 Å². The van der Waals surface area contributed by atoms with Crippen molar-refractivity contribution < 1.29 is 0 Å². The van der Waals surface area contributed by atoms with Crippen molar-refractivity contribution in [1.29, 1.82) is 0 Å². The molecule has 0 unspecified atom stereocenters. The van der Waals surface area contributed by atoms with Crippen molar-refractivity contribution in [2.45, 2.75) is 13.8 Å². The van der Waals surface area contributed by atoms with E-state index < -0.39 is 0 Å². The zero-order valence-electron chi connectivity index (χ0n) is 6.76. The van der Waals surface area contributed by atoms with Crippen molar-refractivity contribution in [1.82, 2.24) is 0 Å². The van der Waals surface area contributed by atoms with Crippen LogP contribution in [0.1, 0.15) is 13.8 Å². The number of hydrazine groups is 1. The molecule has 3 heteroatoms. The van der Waals surface area contributed by atoms with Crippen LogP contribution in [0.5, 0.6) is 0 Å². The highest BCUT2D eigenvalue weighted by atomic mass is 35.5. The molecular weight excluding hydrogens is 160 g/mol. The SMILES string of the molecule is CC.NNc1cccc(Cl)c1. The van der Waals surface area contributed by atoms with Gasteiger partial charge in [0.2, 0.25) is 0 Å². The fraction of sp³-hybridized carbons (Fsp3) is 0.250. The average Bonchev–Trinajstić information content (AvgIpc) is 2.08. The summed E-state index contributed by atoms with van der Waals surface area (Å²) in [5.41, 5.74) is 3.31. The van der Waals surface area contributed by atoms with Crippen LogP contribution in [-0.4, -0.2) is 0 Å². The minimum absolute atomic E-state index is 0.686. The monoisotopic (exact) mass is 172 g/mol. The average molecular weight is 173 g/mol. The summed E-state index contributed by atoms with van der Waals surface area (Å²) in [6, 6.07) is 7.22. The summed E-state index contributed by atoms with van der Waals surface area (Å²) >= 11 is 5.63. The lowest BCUT2D eigenvalue weighted by molar-refractivity contribution is 1.35. The molecule has 11 heavy (non-hydrogen) atoms. The van der Waals surface area contributed by atoms with Crippen molar-refractivity contribution in [2.24, 2.45) is 5.84 Å². The summed E-state index contributed by atoms with van der Waals surface area (Å²) in [6.07, 6.45) is 0. The predicted molar refractivity (Wildman–Crippen MR) is 50.6 cm³/mol. The minimum atomic E-state index is 0.686. The van der Waals surface area contributed by atoms with Gasteiger partial charge in [-0.2, -0.15) is 0 Å². The molecule has 0 atom stereocenters. The quantitative estimate of drug-likeness (QED) is 0.505. The Bertz CT molecular complexity index is 201. The summed E-state index contributed by atoms with van der Waals surface area (Å²) in [5.74, 6) is 5.11. The van der Waals surface area contributed by atoms with E-state index in [-0.39, 0.29) is 0 Å². The van der Waals surface area contributed by atoms with Crippen molar-refractivity contribution in [3.63, 3.8) is 0 Å². The summed E-state index contributed by atoms with van der Waals surface area (Å²) < 4.78 is 0. The highest BCUT2D eigenvalue weighted by Gasteiger charge is 1.87. The standard InChI is InChI=1S/C6H7ClN2.C2H6/c7-5-2-1-3-6(4-5)9-8;1-2/h1-4,9H,8H2;1-2H3. The maximum Gasteiger partial charge on any atom is 0.0499 e. The highest BCUT2D eigenvalue weighted by Crippen LogP contribution is 2.12. The largest absolute Gasteiger partial charge is 0.324 e. The number of nitrogens with two attached hydrogens (primary N) is 1. The van der Waals surface area contributed by atoms with Crippen LogP contribution in [0.15, 0.2) is 24.3 Å². The summed E-state index contributed by atoms with van der Waals surface area (Å²) in [5, 5.41) is 0.686. The Morgan fingerprint density at radius 1 is 1.36 bits per heavy atom. The molecule has 0 aliphatic heterocycles. The second kappa shape index (κ2) is 6.01. The molecule has 0 spiro atoms. The molecule has 3 N–H and O–H groups in total. The van der Waals surface area contributed by atoms with Gasteiger partial charge in [-0.15, -0.1) is 0 Å². The smallest absolute Gasteiger partial charge is 0.0499 e. The van der Waals surface area contributed by atoms with Crippen molar-refractivity contribution >= 4 is 17.3 Å². The molecule has 0 saturated heterocycles. The lowest BCUT2D eigenvalue weighted by Crippen LogP contribution is -2.05. The Hall–Kier alpha value is -0.730. The van der Waals surface area contributed by atoms with Crippen LogP contribution >= 0.6 is 11.6 Å². The van der Waals surface area contributed by atoms with Gasteiger partial charge in [-0.05, 0) is 18.2 Å². The first-order chi connectivity index (χ1) is 5.33. The van der Waals surface area contributed by atoms with E-state index in [0.29, 0.717) is 5.02 Å². The van der Waals surface area contributed by atoms with E-state index in [1.807, 2.05) is 26.0 Å². The third-order valence-corrected chi connectivity index (χ3v) is 1.23. The molecule has 0 heterocycles. The Kier molecular flexibility index (Phi) is 5.61. The van der Waals surface area contributed by atoms with E-state index in [1.165, 1.54) is 0 Å². The molecular formula is C8H13ClN2. The molecule has 0 saturated carbocycles. The number of hydrogen-bond donors (Lipinski definition) is 2. The van der Waals surface area contributed by atoms with Crippen LogP contribution in [0, 0.1) is 0 Å². The zero-order valence-corrected chi connectivity index (χ0v) is 7.52. The van der Waals surface area contributed by atoms with Gasteiger partial charge in [0.1, 0.15) is 0 Å². The van der Waals surface area contributed by atoms with Crippen molar-refractivity contribution in [3.05, 3.63) is 29.3 Å². The number of anilines is 1. The molecule has 0 aromatic heterocycles. The van der Waals surface area contributed by atoms with E-state index >= 15 is 0 Å². The molecule has 1 rings (SSSR count). The molecule has 0 fully saturated rings. The molecule has 1 aromatic rings. The summed E-state index contributed by atoms with van der Waals surface area (Å²) in [7, 11) is 0. The molecule has 1 aromatic carbocycles. The molecule has 0 radical (unpaired) electrons. The van der Waals surface area contributed by atoms with E-state index in [4.69, 9.17) is 17.4 Å². The Balaban J connectivity index is 0.000000461. The van der Waals surface area contributed by atoms with Gasteiger partial charge in [-0.3, -0.25) is 5.84 Å². The topological polar surface area (TPSA) is 38.0 Å². The highest BCUT2D eigenvalue weighted by molar-refractivity contribution is 6.30. The van der Waals surface area contributed by atoms with Gasteiger partial charge in [0.25, 0.3) is 0 Å². The first-order valence-corrected chi connectivity index (χ1v) is 3.93. The number of halogens is 1. The summed E-state index contributed by atoms with van der Waals surface area (Å²) in [6.45, 7) is 4.00. The number of benzene rings is 1. The van der Waals surface area contributed by atoms with Gasteiger partial charge < -0.3 is 5.43 Å². The minimum Gasteiger partial charge on any atom is -0.324 e. The fourth-order valence-electron chi connectivity index (χ4n) is 0.578. The number of nitrogens with one attached hydrogen (secondary N) is 1. The van der Waals surface area contributed by atoms with Gasteiger partial charge in [0, 0.05) is 10.7 Å². The molecule has 2 nitrogen and oxygen atoms in total. The van der Waals surface area contributed by atoms with Crippen LogP contribution in [-0.2, 0) is 0 Å². The van der Waals surface area contributed by atoms with E-state index in [0.717, 1.165) is 5.69 Å². The number of nitrogen functional groups attached to an aromatic ring is 1. The van der Waals surface area contributed by atoms with Gasteiger partial charge in [0.15, 0.2) is 0 Å². The van der Waals surface area contributed by atoms with Crippen LogP contribution in [0.3, 0.4) is 0 Å². The summed E-state index contributed by atoms with van der Waals surface area (Å²) in [4.78, 5) is 0. The second-order valence-corrected chi connectivity index (χ2v) is 2.09. The third-order valence-electron chi connectivity index (χ3n) is 0.991. The molecule has 0 bridgehead atoms. The first-order valence-electron chi connectivity index (χ1n) is 3.55. The number of rotatable bonds is 1. The van der Waals surface area contributed by atoms with E-state index in [1.54, 1.807) is 12.1 Å². The Morgan fingerprint density at radius 2 is 2.00 bits per heavy atom. The molecule has 62 valence electrons. The number of hydrogen-bond acceptors (Lipinski definition) is 2. The van der Waals surface area contributed by atoms with Crippen LogP contribution in [0.25, 0.3) is 0 Å². The predicted octanol–water partition coefficient (Wildman–Crippen LogP) is 2.65. The molecule has 0 amide bonds. The van der Waals surface area contributed by atoms with Gasteiger partial charge >= 0.3 is 0 Å². The van der Waals surface area contributed by atoms with E-state index in [9.17, 15) is 0 Å². The van der Waals surface area contributed by atoms with Gasteiger partial charge in [0.05, 0.1) is 0 Å². The molecule has 0 aliphatic carbocycles. The van der Waals surface area contributed by atoms with Gasteiger partial charge in [-0.1, -0.05) is 31.5 Å². The maximum atomic E-state index is 5.63. The first kappa shape index (κ1) is 10.3. The lowest BCUT2D eigenvalue weighted by atomic mass is 10.3. The van der Waals surface area contributed by atoms with Crippen LogP contribution < -0.4 is 11.3 Å². The Morgan fingerprint density at radius 3 is 2.36 bits per heavy atom. The van der Waals surface area contributed by atoms with Gasteiger partial charge in [-0.25, -0.2) is 0 Å². The van der Waals surface area contributed by atoms with Crippen LogP contribution in [0.2, 0.25) is 5.02 Å². The fourth-order valence-corrected chi connectivity index (χ4v) is 0.769. The lowest BCUT2D eigenvalue weighted by Gasteiger charge is -1.96. The maximum absolute atomic E-state index is 5.63.